The molecule has 0 radical (unpaired) electrons. The van der Waals surface area contributed by atoms with Crippen LogP contribution in [0.25, 0.3) is 0 Å². The molecule has 32 heavy (non-hydrogen) atoms. The van der Waals surface area contributed by atoms with Crippen molar-refractivity contribution in [3.8, 4) is 0 Å². The minimum atomic E-state index is -4.94. The number of hydrogen-bond acceptors (Lipinski definition) is 12. The van der Waals surface area contributed by atoms with Crippen LogP contribution < -0.4 is 11.2 Å². The maximum Gasteiger partial charge on any atom is 0.474 e. The lowest BCUT2D eigenvalue weighted by atomic mass is 10.00. The van der Waals surface area contributed by atoms with E-state index >= 15 is 0 Å². The summed E-state index contributed by atoms with van der Waals surface area (Å²) in [6.45, 7) is 0.0353. The normalized spacial score (nSPS) is 37.3. The van der Waals surface area contributed by atoms with E-state index in [4.69, 9.17) is 23.6 Å². The van der Waals surface area contributed by atoms with E-state index in [1.807, 2.05) is 0 Å². The van der Waals surface area contributed by atoms with Crippen LogP contribution in [-0.4, -0.2) is 96.1 Å². The standard InChI is InChI=1S/C16H25N2O13P/c1-6-3-18(16(25)17-14(6)24)10-2-7(20)9(29-10)5-28-32(26,27)31-15-13(23)12(22)11(21)8(4-19)30-15/h3,7-13,15,19-23H,2,4-5H2,1H3,(H,26,27)(H,17,24,25)/t7-,8+,9+,10+,11+,12-,13+,15-/m0/s1. The third-order valence-corrected chi connectivity index (χ3v) is 6.10. The van der Waals surface area contributed by atoms with E-state index in [0.717, 1.165) is 4.57 Å². The lowest BCUT2D eigenvalue weighted by Crippen LogP contribution is -2.58. The predicted octanol–water partition coefficient (Wildman–Crippen LogP) is -3.57. The lowest BCUT2D eigenvalue weighted by Gasteiger charge is -2.39. The number of rotatable bonds is 7. The van der Waals surface area contributed by atoms with Crippen molar-refractivity contribution in [3.05, 3.63) is 32.6 Å². The molecule has 15 nitrogen and oxygen atoms in total. The molecule has 1 aromatic rings. The Hall–Kier alpha value is -1.49. The van der Waals surface area contributed by atoms with Crippen LogP contribution in [0, 0.1) is 6.92 Å². The van der Waals surface area contributed by atoms with Gasteiger partial charge in [-0.25, -0.2) is 9.36 Å². The van der Waals surface area contributed by atoms with Gasteiger partial charge in [0.05, 0.1) is 19.3 Å². The first-order chi connectivity index (χ1) is 14.9. The minimum Gasteiger partial charge on any atom is -0.394 e. The number of H-pyrrole nitrogens is 1. The number of aryl methyl sites for hydroxylation is 1. The van der Waals surface area contributed by atoms with Gasteiger partial charge in [0, 0.05) is 18.2 Å². The van der Waals surface area contributed by atoms with Crippen LogP contribution in [0.1, 0.15) is 18.2 Å². The van der Waals surface area contributed by atoms with Crippen molar-refractivity contribution in [2.24, 2.45) is 0 Å². The number of aliphatic hydroxyl groups is 5. The molecule has 0 bridgehead atoms. The van der Waals surface area contributed by atoms with Crippen LogP contribution in [0.5, 0.6) is 0 Å². The maximum absolute atomic E-state index is 12.2. The van der Waals surface area contributed by atoms with Gasteiger partial charge in [0.25, 0.3) is 5.56 Å². The number of aromatic amines is 1. The molecule has 0 amide bonds. The van der Waals surface area contributed by atoms with Crippen molar-refractivity contribution in [1.82, 2.24) is 9.55 Å². The van der Waals surface area contributed by atoms with Gasteiger partial charge in [0.2, 0.25) is 0 Å². The largest absolute Gasteiger partial charge is 0.474 e. The molecule has 0 aliphatic carbocycles. The summed E-state index contributed by atoms with van der Waals surface area (Å²) in [5.41, 5.74) is -1.11. The van der Waals surface area contributed by atoms with Crippen molar-refractivity contribution in [2.45, 2.75) is 62.5 Å². The van der Waals surface area contributed by atoms with E-state index in [9.17, 15) is 39.5 Å². The smallest absolute Gasteiger partial charge is 0.394 e. The fraction of sp³-hybridized carbons (Fsp3) is 0.750. The molecule has 1 unspecified atom stereocenters. The Labute approximate surface area is 180 Å². The van der Waals surface area contributed by atoms with Crippen LogP contribution >= 0.6 is 7.82 Å². The van der Waals surface area contributed by atoms with Crippen molar-refractivity contribution in [1.29, 1.82) is 0 Å². The van der Waals surface area contributed by atoms with Gasteiger partial charge in [-0.1, -0.05) is 0 Å². The van der Waals surface area contributed by atoms with E-state index in [0.29, 0.717) is 0 Å². The van der Waals surface area contributed by atoms with Crippen LogP contribution in [0.15, 0.2) is 15.8 Å². The molecule has 3 rings (SSSR count). The fourth-order valence-corrected chi connectivity index (χ4v) is 4.15. The molecule has 2 fully saturated rings. The van der Waals surface area contributed by atoms with E-state index < -0.39 is 81.4 Å². The first-order valence-corrected chi connectivity index (χ1v) is 11.0. The summed E-state index contributed by atoms with van der Waals surface area (Å²) < 4.78 is 33.3. The van der Waals surface area contributed by atoms with E-state index in [2.05, 4.69) is 4.98 Å². The van der Waals surface area contributed by atoms with Crippen LogP contribution in [0.2, 0.25) is 0 Å². The molecule has 2 aliphatic rings. The van der Waals surface area contributed by atoms with Gasteiger partial charge in [0.1, 0.15) is 36.7 Å². The summed E-state index contributed by atoms with van der Waals surface area (Å²) in [5.74, 6) is 0. The predicted molar refractivity (Wildman–Crippen MR) is 101 cm³/mol. The highest BCUT2D eigenvalue weighted by atomic mass is 31.2. The summed E-state index contributed by atoms with van der Waals surface area (Å²) in [7, 11) is -4.94. The molecular formula is C16H25N2O13P. The highest BCUT2D eigenvalue weighted by molar-refractivity contribution is 7.47. The van der Waals surface area contributed by atoms with E-state index in [1.165, 1.54) is 13.1 Å². The number of aromatic nitrogens is 2. The highest BCUT2D eigenvalue weighted by Gasteiger charge is 2.47. The van der Waals surface area contributed by atoms with E-state index in [1.54, 1.807) is 0 Å². The minimum absolute atomic E-state index is 0.0806. The van der Waals surface area contributed by atoms with Crippen LogP contribution in [0.4, 0.5) is 0 Å². The van der Waals surface area contributed by atoms with Crippen molar-refractivity contribution >= 4 is 7.82 Å². The summed E-state index contributed by atoms with van der Waals surface area (Å²) in [6, 6.07) is 0. The molecule has 2 saturated heterocycles. The van der Waals surface area contributed by atoms with Crippen LogP contribution in [-0.2, 0) is 23.1 Å². The number of ether oxygens (including phenoxy) is 2. The topological polar surface area (TPSA) is 230 Å². The second-order valence-electron chi connectivity index (χ2n) is 7.48. The summed E-state index contributed by atoms with van der Waals surface area (Å²) in [5, 5.41) is 48.6. The second-order valence-corrected chi connectivity index (χ2v) is 8.88. The second kappa shape index (κ2) is 9.79. The summed E-state index contributed by atoms with van der Waals surface area (Å²) >= 11 is 0. The average Bonchev–Trinajstić information content (AvgIpc) is 3.10. The SMILES string of the molecule is Cc1cn([C@H]2C[C@H](O)[C@@H](COP(=O)(O)O[C@@H]3O[C@H](CO)[C@@H](O)[C@H](O)[C@H]3O)O2)c(=O)[nH]c1=O. The van der Waals surface area contributed by atoms with E-state index in [-0.39, 0.29) is 12.0 Å². The van der Waals surface area contributed by atoms with Gasteiger partial charge in [-0.2, -0.15) is 0 Å². The van der Waals surface area contributed by atoms with Gasteiger partial charge < -0.3 is 39.9 Å². The zero-order chi connectivity index (χ0) is 23.8. The van der Waals surface area contributed by atoms with Gasteiger partial charge >= 0.3 is 13.5 Å². The van der Waals surface area contributed by atoms with Crippen molar-refractivity contribution < 1.29 is 53.5 Å². The highest BCUT2D eigenvalue weighted by Crippen LogP contribution is 2.47. The molecule has 0 saturated carbocycles. The van der Waals surface area contributed by atoms with Crippen molar-refractivity contribution in [3.63, 3.8) is 0 Å². The Morgan fingerprint density at radius 2 is 1.84 bits per heavy atom. The molecular weight excluding hydrogens is 459 g/mol. The molecule has 0 aromatic carbocycles. The average molecular weight is 484 g/mol. The van der Waals surface area contributed by atoms with Gasteiger partial charge in [0.15, 0.2) is 6.29 Å². The lowest BCUT2D eigenvalue weighted by molar-refractivity contribution is -0.281. The molecule has 0 spiro atoms. The van der Waals surface area contributed by atoms with Crippen LogP contribution in [0.3, 0.4) is 0 Å². The Balaban J connectivity index is 1.61. The molecule has 9 atom stereocenters. The van der Waals surface area contributed by atoms with Gasteiger partial charge in [-0.15, -0.1) is 0 Å². The Bertz CT molecular complexity index is 964. The number of hydrogen-bond donors (Lipinski definition) is 7. The fourth-order valence-electron chi connectivity index (χ4n) is 3.32. The Morgan fingerprint density at radius 1 is 1.16 bits per heavy atom. The van der Waals surface area contributed by atoms with Gasteiger partial charge in [-0.3, -0.25) is 23.4 Å². The zero-order valence-electron chi connectivity index (χ0n) is 16.8. The number of phosphoric ester groups is 1. The quantitative estimate of drug-likeness (QED) is 0.186. The Morgan fingerprint density at radius 3 is 2.50 bits per heavy atom. The molecule has 1 aromatic heterocycles. The van der Waals surface area contributed by atoms with Gasteiger partial charge in [-0.05, 0) is 6.92 Å². The third-order valence-electron chi connectivity index (χ3n) is 5.15. The number of aliphatic hydroxyl groups excluding tert-OH is 5. The number of phosphoric acid groups is 1. The van der Waals surface area contributed by atoms with Crippen molar-refractivity contribution in [2.75, 3.05) is 13.2 Å². The maximum atomic E-state index is 12.2. The monoisotopic (exact) mass is 484 g/mol. The molecule has 3 heterocycles. The molecule has 7 N–H and O–H groups in total. The molecule has 2 aliphatic heterocycles. The molecule has 16 heteroatoms. The first-order valence-electron chi connectivity index (χ1n) is 9.55. The summed E-state index contributed by atoms with van der Waals surface area (Å²) in [4.78, 5) is 35.5. The third kappa shape index (κ3) is 5.35. The first kappa shape index (κ1) is 25.1. The number of nitrogens with one attached hydrogen (secondary N) is 1. The summed E-state index contributed by atoms with van der Waals surface area (Å²) in [6.07, 6.45) is -10.9. The zero-order valence-corrected chi connectivity index (χ0v) is 17.6. The Kier molecular flexibility index (Phi) is 7.69. The molecule has 182 valence electrons. The number of nitrogens with zero attached hydrogens (tertiary/aromatic N) is 1.